The molecule has 7 heteroatoms. The third-order valence-corrected chi connectivity index (χ3v) is 4.32. The Labute approximate surface area is 128 Å². The van der Waals surface area contributed by atoms with E-state index < -0.39 is 11.2 Å². The molecule has 104 valence electrons. The minimum atomic E-state index is -0.519. The van der Waals surface area contributed by atoms with Gasteiger partial charge in [0, 0.05) is 12.6 Å². The molecular formula is C14H8ClN3O2S. The Hall–Kier alpha value is -2.36. The van der Waals surface area contributed by atoms with E-state index in [-0.39, 0.29) is 10.7 Å². The molecule has 0 fully saturated rings. The van der Waals surface area contributed by atoms with Crippen LogP contribution >= 0.6 is 22.9 Å². The SMILES string of the molecule is C#Cc1cccc(-n2c(=O)c3scnc3n(C)c2=O)c1Cl. The first-order chi connectivity index (χ1) is 10.1. The Morgan fingerprint density at radius 1 is 1.38 bits per heavy atom. The van der Waals surface area contributed by atoms with E-state index in [0.717, 1.165) is 4.57 Å². The lowest BCUT2D eigenvalue weighted by Gasteiger charge is -2.10. The standard InChI is InChI=1S/C14H8ClN3O2S/c1-3-8-5-4-6-9(10(8)15)18-13(19)11-12(16-7-21-11)17(2)14(18)20/h1,4-7H,2H3. The summed E-state index contributed by atoms with van der Waals surface area (Å²) in [5.41, 5.74) is 1.60. The van der Waals surface area contributed by atoms with Crippen molar-refractivity contribution in [2.75, 3.05) is 0 Å². The number of halogens is 1. The number of aryl methyl sites for hydroxylation is 1. The van der Waals surface area contributed by atoms with E-state index in [0.29, 0.717) is 15.9 Å². The van der Waals surface area contributed by atoms with Crippen LogP contribution < -0.4 is 11.2 Å². The summed E-state index contributed by atoms with van der Waals surface area (Å²) in [5.74, 6) is 2.43. The second-order valence-corrected chi connectivity index (χ2v) is 5.50. The van der Waals surface area contributed by atoms with Gasteiger partial charge in [0.25, 0.3) is 5.56 Å². The van der Waals surface area contributed by atoms with Gasteiger partial charge in [0.15, 0.2) is 5.65 Å². The Bertz CT molecular complexity index is 1020. The van der Waals surface area contributed by atoms with Crippen molar-refractivity contribution in [2.24, 2.45) is 7.05 Å². The van der Waals surface area contributed by atoms with Crippen LogP contribution in [0.2, 0.25) is 5.02 Å². The minimum absolute atomic E-state index is 0.197. The number of hydrogen-bond donors (Lipinski definition) is 0. The van der Waals surface area contributed by atoms with Crippen LogP contribution in [0.1, 0.15) is 5.56 Å². The molecule has 3 aromatic rings. The van der Waals surface area contributed by atoms with Crippen molar-refractivity contribution < 1.29 is 0 Å². The lowest BCUT2D eigenvalue weighted by molar-refractivity contribution is 0.768. The van der Waals surface area contributed by atoms with Gasteiger partial charge in [0.1, 0.15) is 4.70 Å². The number of aromatic nitrogens is 3. The van der Waals surface area contributed by atoms with E-state index in [1.54, 1.807) is 25.2 Å². The highest BCUT2D eigenvalue weighted by Gasteiger charge is 2.17. The molecule has 2 aromatic heterocycles. The number of thiazole rings is 1. The molecule has 0 amide bonds. The van der Waals surface area contributed by atoms with Gasteiger partial charge in [-0.2, -0.15) is 0 Å². The molecule has 0 saturated carbocycles. The largest absolute Gasteiger partial charge is 0.337 e. The summed E-state index contributed by atoms with van der Waals surface area (Å²) in [6.07, 6.45) is 5.36. The highest BCUT2D eigenvalue weighted by atomic mass is 35.5. The van der Waals surface area contributed by atoms with Crippen LogP contribution in [-0.4, -0.2) is 14.1 Å². The first-order valence-electron chi connectivity index (χ1n) is 5.87. The summed E-state index contributed by atoms with van der Waals surface area (Å²) in [6.45, 7) is 0. The maximum atomic E-state index is 12.5. The van der Waals surface area contributed by atoms with Crippen LogP contribution in [0.15, 0.2) is 33.3 Å². The van der Waals surface area contributed by atoms with Crippen molar-refractivity contribution in [2.45, 2.75) is 0 Å². The summed E-state index contributed by atoms with van der Waals surface area (Å²) in [7, 11) is 1.55. The van der Waals surface area contributed by atoms with E-state index in [1.165, 1.54) is 21.4 Å². The van der Waals surface area contributed by atoms with Gasteiger partial charge in [0.2, 0.25) is 0 Å². The Morgan fingerprint density at radius 3 is 2.86 bits per heavy atom. The molecule has 0 radical (unpaired) electrons. The number of hydrogen-bond acceptors (Lipinski definition) is 4. The van der Waals surface area contributed by atoms with E-state index in [4.69, 9.17) is 18.0 Å². The van der Waals surface area contributed by atoms with Crippen molar-refractivity contribution >= 4 is 33.3 Å². The summed E-state index contributed by atoms with van der Waals surface area (Å²) >= 11 is 7.38. The molecule has 0 aliphatic rings. The van der Waals surface area contributed by atoms with E-state index in [9.17, 15) is 9.59 Å². The molecule has 0 aliphatic heterocycles. The lowest BCUT2D eigenvalue weighted by Crippen LogP contribution is -2.37. The van der Waals surface area contributed by atoms with Crippen molar-refractivity contribution in [1.29, 1.82) is 0 Å². The Balaban J connectivity index is 2.50. The summed E-state index contributed by atoms with van der Waals surface area (Å²) in [6, 6.07) is 4.88. The average Bonchev–Trinajstić information content (AvgIpc) is 2.97. The van der Waals surface area contributed by atoms with Gasteiger partial charge in [-0.25, -0.2) is 14.3 Å². The number of benzene rings is 1. The molecule has 0 N–H and O–H groups in total. The van der Waals surface area contributed by atoms with Crippen molar-refractivity contribution in [3.8, 4) is 18.0 Å². The highest BCUT2D eigenvalue weighted by molar-refractivity contribution is 7.16. The van der Waals surface area contributed by atoms with E-state index >= 15 is 0 Å². The lowest BCUT2D eigenvalue weighted by atomic mass is 10.2. The molecule has 0 spiro atoms. The van der Waals surface area contributed by atoms with Crippen molar-refractivity contribution in [3.05, 3.63) is 55.1 Å². The zero-order valence-electron chi connectivity index (χ0n) is 10.8. The molecule has 0 saturated heterocycles. The van der Waals surface area contributed by atoms with Crippen molar-refractivity contribution in [1.82, 2.24) is 14.1 Å². The van der Waals surface area contributed by atoms with E-state index in [1.807, 2.05) is 0 Å². The highest BCUT2D eigenvalue weighted by Crippen LogP contribution is 2.23. The quantitative estimate of drug-likeness (QED) is 0.643. The fourth-order valence-electron chi connectivity index (χ4n) is 2.07. The molecule has 2 heterocycles. The van der Waals surface area contributed by atoms with Gasteiger partial charge in [-0.1, -0.05) is 23.6 Å². The molecule has 0 atom stereocenters. The second-order valence-electron chi connectivity index (χ2n) is 4.27. The molecule has 3 rings (SSSR count). The third kappa shape index (κ3) is 1.90. The van der Waals surface area contributed by atoms with Gasteiger partial charge in [-0.15, -0.1) is 17.8 Å². The predicted molar refractivity (Wildman–Crippen MR) is 83.4 cm³/mol. The molecule has 5 nitrogen and oxygen atoms in total. The number of nitrogens with zero attached hydrogens (tertiary/aromatic N) is 3. The van der Waals surface area contributed by atoms with Crippen LogP contribution in [0.5, 0.6) is 0 Å². The molecule has 21 heavy (non-hydrogen) atoms. The molecule has 0 aliphatic carbocycles. The minimum Gasteiger partial charge on any atom is -0.279 e. The summed E-state index contributed by atoms with van der Waals surface area (Å²) in [5, 5.41) is 0.197. The fraction of sp³-hybridized carbons (Fsp3) is 0.0714. The van der Waals surface area contributed by atoms with Crippen molar-refractivity contribution in [3.63, 3.8) is 0 Å². The zero-order chi connectivity index (χ0) is 15.1. The molecule has 0 unspecified atom stereocenters. The Morgan fingerprint density at radius 2 is 2.14 bits per heavy atom. The normalized spacial score (nSPS) is 10.7. The fourth-order valence-corrected chi connectivity index (χ4v) is 3.08. The van der Waals surface area contributed by atoms with Crippen LogP contribution in [-0.2, 0) is 7.05 Å². The average molecular weight is 318 g/mol. The third-order valence-electron chi connectivity index (χ3n) is 3.12. The monoisotopic (exact) mass is 317 g/mol. The first kappa shape index (κ1) is 13.6. The van der Waals surface area contributed by atoms with Gasteiger partial charge in [-0.05, 0) is 12.1 Å². The number of fused-ring (bicyclic) bond motifs is 1. The molecular weight excluding hydrogens is 310 g/mol. The summed E-state index contributed by atoms with van der Waals surface area (Å²) in [4.78, 5) is 29.0. The van der Waals surface area contributed by atoms with Gasteiger partial charge in [0.05, 0.1) is 16.2 Å². The Kier molecular flexibility index (Phi) is 3.16. The van der Waals surface area contributed by atoms with Crippen LogP contribution in [0, 0.1) is 12.3 Å². The second kappa shape index (κ2) is 4.88. The summed E-state index contributed by atoms with van der Waals surface area (Å²) < 4.78 is 2.72. The maximum absolute atomic E-state index is 12.5. The van der Waals surface area contributed by atoms with Gasteiger partial charge < -0.3 is 0 Å². The number of rotatable bonds is 1. The molecule has 0 bridgehead atoms. The van der Waals surface area contributed by atoms with E-state index in [2.05, 4.69) is 10.9 Å². The predicted octanol–water partition coefficient (Wildman–Crippen LogP) is 1.78. The maximum Gasteiger partial charge on any atom is 0.337 e. The zero-order valence-corrected chi connectivity index (χ0v) is 12.4. The van der Waals surface area contributed by atoms with Crippen LogP contribution in [0.3, 0.4) is 0 Å². The smallest absolute Gasteiger partial charge is 0.279 e. The van der Waals surface area contributed by atoms with Crippen LogP contribution in [0.25, 0.3) is 16.0 Å². The topological polar surface area (TPSA) is 56.9 Å². The molecule has 1 aromatic carbocycles. The van der Waals surface area contributed by atoms with Gasteiger partial charge >= 0.3 is 5.69 Å². The van der Waals surface area contributed by atoms with Gasteiger partial charge in [-0.3, -0.25) is 9.36 Å². The van der Waals surface area contributed by atoms with Crippen LogP contribution in [0.4, 0.5) is 0 Å². The number of terminal acetylenes is 1. The first-order valence-corrected chi connectivity index (χ1v) is 7.12.